The maximum Gasteiger partial charge on any atom is 0.355 e. The third kappa shape index (κ3) is 4.25. The van der Waals surface area contributed by atoms with Crippen molar-refractivity contribution in [2.75, 3.05) is 20.8 Å². The summed E-state index contributed by atoms with van der Waals surface area (Å²) >= 11 is 0. The highest BCUT2D eigenvalue weighted by Gasteiger charge is 2.22. The van der Waals surface area contributed by atoms with Gasteiger partial charge in [0.25, 0.3) is 0 Å². The van der Waals surface area contributed by atoms with Crippen molar-refractivity contribution in [1.29, 1.82) is 0 Å². The van der Waals surface area contributed by atoms with E-state index >= 15 is 0 Å². The Hall–Kier alpha value is -3.93. The molecule has 0 amide bonds. The number of methoxy groups -OCH3 is 2. The van der Waals surface area contributed by atoms with Crippen molar-refractivity contribution >= 4 is 16.9 Å². The van der Waals surface area contributed by atoms with Gasteiger partial charge in [-0.25, -0.2) is 4.79 Å². The molecule has 0 saturated heterocycles. The number of rotatable bonds is 8. The van der Waals surface area contributed by atoms with Crippen LogP contribution in [0.1, 0.15) is 23.0 Å². The molecule has 0 spiro atoms. The van der Waals surface area contributed by atoms with Gasteiger partial charge in [-0.15, -0.1) is 0 Å². The van der Waals surface area contributed by atoms with Crippen LogP contribution < -0.4 is 14.2 Å². The van der Waals surface area contributed by atoms with Crippen LogP contribution in [0, 0.1) is 0 Å². The summed E-state index contributed by atoms with van der Waals surface area (Å²) in [4.78, 5) is 16.0. The summed E-state index contributed by atoms with van der Waals surface area (Å²) in [5.41, 5.74) is 3.80. The number of ether oxygens (including phenoxy) is 4. The molecular weight excluding hydrogens is 406 g/mol. The van der Waals surface area contributed by atoms with Crippen molar-refractivity contribution in [3.05, 3.63) is 78.0 Å². The minimum Gasteiger partial charge on any atom is -0.493 e. The molecule has 0 atom stereocenters. The summed E-state index contributed by atoms with van der Waals surface area (Å²) in [7, 11) is 3.17. The lowest BCUT2D eigenvalue weighted by Gasteiger charge is -2.11. The first kappa shape index (κ1) is 21.3. The summed E-state index contributed by atoms with van der Waals surface area (Å²) < 4.78 is 22.1. The van der Waals surface area contributed by atoms with Crippen LogP contribution in [0.4, 0.5) is 0 Å². The van der Waals surface area contributed by atoms with Gasteiger partial charge in [-0.3, -0.25) is 0 Å². The molecule has 0 aliphatic rings. The average Bonchev–Trinajstić information content (AvgIpc) is 3.22. The summed E-state index contributed by atoms with van der Waals surface area (Å²) in [5.74, 6) is 1.49. The van der Waals surface area contributed by atoms with Crippen LogP contribution >= 0.6 is 0 Å². The predicted molar refractivity (Wildman–Crippen MR) is 124 cm³/mol. The van der Waals surface area contributed by atoms with E-state index in [0.717, 1.165) is 27.6 Å². The summed E-state index contributed by atoms with van der Waals surface area (Å²) in [6, 6.07) is 21.3. The number of benzene rings is 3. The van der Waals surface area contributed by atoms with Gasteiger partial charge >= 0.3 is 5.97 Å². The predicted octanol–water partition coefficient (Wildman–Crippen LogP) is 5.61. The maximum atomic E-state index is 12.7. The van der Waals surface area contributed by atoms with Crippen LogP contribution in [0.3, 0.4) is 0 Å². The molecule has 1 N–H and O–H groups in total. The Bertz CT molecular complexity index is 1230. The first-order valence-corrected chi connectivity index (χ1v) is 10.4. The van der Waals surface area contributed by atoms with Crippen molar-refractivity contribution < 1.29 is 23.7 Å². The number of nitrogens with one attached hydrogen (secondary N) is 1. The SMILES string of the molecule is CCOC(=O)c1[nH]c2cc(OCc3ccccc3)ccc2c1-c1ccc(OC)c(OC)c1. The van der Waals surface area contributed by atoms with Crippen molar-refractivity contribution in [1.82, 2.24) is 4.98 Å². The Morgan fingerprint density at radius 1 is 0.906 bits per heavy atom. The number of hydrogen-bond acceptors (Lipinski definition) is 5. The lowest BCUT2D eigenvalue weighted by Crippen LogP contribution is -2.06. The van der Waals surface area contributed by atoms with Crippen LogP contribution in [-0.2, 0) is 11.3 Å². The number of H-pyrrole nitrogens is 1. The second-order valence-electron chi connectivity index (χ2n) is 7.15. The van der Waals surface area contributed by atoms with Gasteiger partial charge in [-0.05, 0) is 42.3 Å². The smallest absolute Gasteiger partial charge is 0.355 e. The molecule has 4 aromatic rings. The number of fused-ring (bicyclic) bond motifs is 1. The summed E-state index contributed by atoms with van der Waals surface area (Å²) in [6.45, 7) is 2.53. The third-order valence-corrected chi connectivity index (χ3v) is 5.17. The van der Waals surface area contributed by atoms with Gasteiger partial charge in [0, 0.05) is 17.0 Å². The molecule has 3 aromatic carbocycles. The van der Waals surface area contributed by atoms with Crippen molar-refractivity contribution in [2.24, 2.45) is 0 Å². The molecule has 0 unspecified atom stereocenters. The normalized spacial score (nSPS) is 10.7. The first-order valence-electron chi connectivity index (χ1n) is 10.4. The Morgan fingerprint density at radius 2 is 1.69 bits per heavy atom. The number of aromatic amines is 1. The zero-order valence-electron chi connectivity index (χ0n) is 18.3. The Labute approximate surface area is 186 Å². The number of aromatic nitrogens is 1. The van der Waals surface area contributed by atoms with Crippen LogP contribution in [0.25, 0.3) is 22.0 Å². The Kier molecular flexibility index (Phi) is 6.31. The molecule has 1 aromatic heterocycles. The summed E-state index contributed by atoms with van der Waals surface area (Å²) in [6.07, 6.45) is 0. The highest BCUT2D eigenvalue weighted by atomic mass is 16.5. The average molecular weight is 431 g/mol. The molecule has 6 nitrogen and oxygen atoms in total. The monoisotopic (exact) mass is 431 g/mol. The van der Waals surface area contributed by atoms with Gasteiger partial charge in [-0.1, -0.05) is 36.4 Å². The summed E-state index contributed by atoms with van der Waals surface area (Å²) in [5, 5.41) is 0.882. The molecule has 0 radical (unpaired) electrons. The number of hydrogen-bond donors (Lipinski definition) is 1. The maximum absolute atomic E-state index is 12.7. The van der Waals surface area contributed by atoms with Gasteiger partial charge in [0.2, 0.25) is 0 Å². The quantitative estimate of drug-likeness (QED) is 0.367. The van der Waals surface area contributed by atoms with Crippen molar-refractivity contribution in [3.8, 4) is 28.4 Å². The van der Waals surface area contributed by atoms with Crippen LogP contribution in [0.5, 0.6) is 17.2 Å². The second-order valence-corrected chi connectivity index (χ2v) is 7.15. The van der Waals surface area contributed by atoms with E-state index in [4.69, 9.17) is 18.9 Å². The zero-order chi connectivity index (χ0) is 22.5. The number of esters is 1. The fourth-order valence-electron chi connectivity index (χ4n) is 3.66. The minimum atomic E-state index is -0.416. The molecule has 0 bridgehead atoms. The Morgan fingerprint density at radius 3 is 2.41 bits per heavy atom. The lowest BCUT2D eigenvalue weighted by atomic mass is 10.0. The molecule has 0 aliphatic carbocycles. The van der Waals surface area contributed by atoms with Crippen molar-refractivity contribution in [3.63, 3.8) is 0 Å². The van der Waals surface area contributed by atoms with E-state index in [1.54, 1.807) is 21.1 Å². The molecule has 164 valence electrons. The number of carbonyl (C=O) groups excluding carboxylic acids is 1. The first-order chi connectivity index (χ1) is 15.6. The molecule has 4 rings (SSSR count). The van der Waals surface area contributed by atoms with Crippen molar-refractivity contribution in [2.45, 2.75) is 13.5 Å². The molecule has 6 heteroatoms. The molecular formula is C26H25NO5. The van der Waals surface area contributed by atoms with Crippen LogP contribution in [-0.4, -0.2) is 31.8 Å². The second kappa shape index (κ2) is 9.47. The van der Waals surface area contributed by atoms with E-state index in [1.165, 1.54) is 0 Å². The third-order valence-electron chi connectivity index (χ3n) is 5.17. The fourth-order valence-corrected chi connectivity index (χ4v) is 3.66. The van der Waals surface area contributed by atoms with E-state index in [0.29, 0.717) is 29.5 Å². The topological polar surface area (TPSA) is 69.8 Å². The minimum absolute atomic E-state index is 0.283. The molecule has 0 saturated carbocycles. The number of carbonyl (C=O) groups is 1. The van der Waals surface area contributed by atoms with Gasteiger partial charge < -0.3 is 23.9 Å². The van der Waals surface area contributed by atoms with E-state index in [1.807, 2.05) is 66.7 Å². The van der Waals surface area contributed by atoms with Crippen LogP contribution in [0.2, 0.25) is 0 Å². The fraction of sp³-hybridized carbons (Fsp3) is 0.192. The zero-order valence-corrected chi connectivity index (χ0v) is 18.3. The largest absolute Gasteiger partial charge is 0.493 e. The van der Waals surface area contributed by atoms with E-state index in [9.17, 15) is 4.79 Å². The lowest BCUT2D eigenvalue weighted by molar-refractivity contribution is 0.0521. The standard InChI is InChI=1S/C26H25NO5/c1-4-31-26(28)25-24(18-10-13-22(29-2)23(14-18)30-3)20-12-11-19(15-21(20)27-25)32-16-17-8-6-5-7-9-17/h5-15,27H,4,16H2,1-3H3. The molecule has 1 heterocycles. The van der Waals surface area contributed by atoms with E-state index < -0.39 is 5.97 Å². The van der Waals surface area contributed by atoms with Gasteiger partial charge in [0.15, 0.2) is 11.5 Å². The molecule has 0 aliphatic heterocycles. The van der Waals surface area contributed by atoms with E-state index in [2.05, 4.69) is 4.98 Å². The van der Waals surface area contributed by atoms with E-state index in [-0.39, 0.29) is 6.61 Å². The van der Waals surface area contributed by atoms with Gasteiger partial charge in [-0.2, -0.15) is 0 Å². The molecule has 0 fully saturated rings. The highest BCUT2D eigenvalue weighted by molar-refractivity contribution is 6.08. The van der Waals surface area contributed by atoms with Gasteiger partial charge in [0.1, 0.15) is 18.1 Å². The van der Waals surface area contributed by atoms with Gasteiger partial charge in [0.05, 0.1) is 26.3 Å². The van der Waals surface area contributed by atoms with Crippen LogP contribution in [0.15, 0.2) is 66.7 Å². The highest BCUT2D eigenvalue weighted by Crippen LogP contribution is 2.39. The molecule has 32 heavy (non-hydrogen) atoms. The Balaban J connectivity index is 1.76.